The van der Waals surface area contributed by atoms with E-state index in [4.69, 9.17) is 0 Å². The summed E-state index contributed by atoms with van der Waals surface area (Å²) < 4.78 is 0. The zero-order chi connectivity index (χ0) is 8.55. The Balaban J connectivity index is 2.21. The van der Waals surface area contributed by atoms with Crippen molar-refractivity contribution in [2.75, 3.05) is 6.54 Å². The molecule has 2 rings (SSSR count). The number of hydrogen-bond acceptors (Lipinski definition) is 4. The monoisotopic (exact) mass is 183 g/mol. The number of aromatic amines is 1. The van der Waals surface area contributed by atoms with Crippen molar-refractivity contribution in [3.05, 3.63) is 27.0 Å². The van der Waals surface area contributed by atoms with Gasteiger partial charge in [0.2, 0.25) is 0 Å². The normalized spacial score (nSPS) is 22.7. The van der Waals surface area contributed by atoms with E-state index in [2.05, 4.69) is 22.1 Å². The first-order chi connectivity index (χ1) is 5.75. The molecule has 0 radical (unpaired) electrons. The van der Waals surface area contributed by atoms with Crippen LogP contribution in [0.4, 0.5) is 0 Å². The second kappa shape index (κ2) is 2.75. The second-order valence-electron chi connectivity index (χ2n) is 2.84. The summed E-state index contributed by atoms with van der Waals surface area (Å²) in [5, 5.41) is 10.4. The molecular weight excluding hydrogens is 174 g/mol. The average Bonchev–Trinajstić information content (AvgIpc) is 2.58. The molecule has 1 aromatic heterocycles. The highest BCUT2D eigenvalue weighted by molar-refractivity contribution is 7.08. The minimum Gasteiger partial charge on any atom is -0.388 e. The van der Waals surface area contributed by atoms with Crippen LogP contribution in [0.15, 0.2) is 17.1 Å². The van der Waals surface area contributed by atoms with Crippen molar-refractivity contribution in [3.8, 4) is 0 Å². The number of rotatable bonds is 1. The van der Waals surface area contributed by atoms with Crippen LogP contribution in [0.2, 0.25) is 0 Å². The Morgan fingerprint density at radius 2 is 2.50 bits per heavy atom. The molecule has 2 N–H and O–H groups in total. The summed E-state index contributed by atoms with van der Waals surface area (Å²) in [4.78, 5) is 10.7. The summed E-state index contributed by atoms with van der Waals surface area (Å²) in [6.07, 6.45) is 0.890. The molecule has 64 valence electrons. The molecule has 5 heteroatoms. The molecule has 0 aromatic carbocycles. The molecule has 1 aromatic rings. The van der Waals surface area contributed by atoms with E-state index in [1.165, 1.54) is 11.3 Å². The molecule has 1 aliphatic heterocycles. The molecule has 0 amide bonds. The van der Waals surface area contributed by atoms with E-state index < -0.39 is 0 Å². The maximum Gasteiger partial charge on any atom is 0.322 e. The third-order valence-electron chi connectivity index (χ3n) is 1.90. The Morgan fingerprint density at radius 1 is 1.67 bits per heavy atom. The minimum atomic E-state index is -0.0810. The maximum absolute atomic E-state index is 10.8. The number of allylic oxidation sites excluding steroid dienone is 1. The van der Waals surface area contributed by atoms with E-state index >= 15 is 0 Å². The van der Waals surface area contributed by atoms with Crippen LogP contribution in [-0.2, 0) is 0 Å². The van der Waals surface area contributed by atoms with Gasteiger partial charge in [-0.05, 0) is 6.42 Å². The van der Waals surface area contributed by atoms with Gasteiger partial charge in [-0.3, -0.25) is 4.79 Å². The Bertz CT molecular complexity index is 354. The molecule has 1 saturated heterocycles. The van der Waals surface area contributed by atoms with Gasteiger partial charge in [0, 0.05) is 18.2 Å². The molecular formula is C7H9N3OS. The van der Waals surface area contributed by atoms with Gasteiger partial charge < -0.3 is 5.32 Å². The summed E-state index contributed by atoms with van der Waals surface area (Å²) in [6.45, 7) is 4.66. The number of aromatic nitrogens is 2. The molecule has 12 heavy (non-hydrogen) atoms. The van der Waals surface area contributed by atoms with Crippen molar-refractivity contribution in [2.24, 2.45) is 0 Å². The van der Waals surface area contributed by atoms with Gasteiger partial charge in [-0.1, -0.05) is 17.9 Å². The predicted octanol–water partition coefficient (Wildman–Crippen LogP) is 0.422. The van der Waals surface area contributed by atoms with E-state index in [0.717, 1.165) is 23.7 Å². The Labute approximate surface area is 73.3 Å². The maximum atomic E-state index is 10.8. The molecule has 1 aliphatic rings. The minimum absolute atomic E-state index is 0.0810. The van der Waals surface area contributed by atoms with Gasteiger partial charge in [-0.15, -0.1) is 0 Å². The van der Waals surface area contributed by atoms with E-state index in [9.17, 15) is 4.79 Å². The number of nitrogens with one attached hydrogen (secondary N) is 2. The quantitative estimate of drug-likeness (QED) is 0.663. The Kier molecular flexibility index (Phi) is 1.73. The lowest BCUT2D eigenvalue weighted by Crippen LogP contribution is -2.06. The van der Waals surface area contributed by atoms with Crippen molar-refractivity contribution >= 4 is 11.3 Å². The van der Waals surface area contributed by atoms with Crippen molar-refractivity contribution < 1.29 is 0 Å². The van der Waals surface area contributed by atoms with Crippen molar-refractivity contribution in [2.45, 2.75) is 12.3 Å². The molecule has 0 saturated carbocycles. The summed E-state index contributed by atoms with van der Waals surface area (Å²) in [5.74, 6) is 0.335. The van der Waals surface area contributed by atoms with Gasteiger partial charge in [0.05, 0.1) is 0 Å². The highest BCUT2D eigenvalue weighted by Gasteiger charge is 2.22. The van der Waals surface area contributed by atoms with E-state index in [1.54, 1.807) is 0 Å². The van der Waals surface area contributed by atoms with E-state index in [1.807, 2.05) is 0 Å². The van der Waals surface area contributed by atoms with Crippen LogP contribution in [0, 0.1) is 0 Å². The van der Waals surface area contributed by atoms with Crippen molar-refractivity contribution in [3.63, 3.8) is 0 Å². The summed E-state index contributed by atoms with van der Waals surface area (Å²) in [6, 6.07) is 0. The van der Waals surface area contributed by atoms with Crippen LogP contribution < -0.4 is 10.2 Å². The van der Waals surface area contributed by atoms with E-state index in [0.29, 0.717) is 5.92 Å². The number of H-pyrrole nitrogens is 1. The molecule has 0 spiro atoms. The molecule has 0 unspecified atom stereocenters. The predicted molar refractivity (Wildman–Crippen MR) is 47.2 cm³/mol. The summed E-state index contributed by atoms with van der Waals surface area (Å²) >= 11 is 1.18. The van der Waals surface area contributed by atoms with Crippen LogP contribution in [-0.4, -0.2) is 16.7 Å². The van der Waals surface area contributed by atoms with Gasteiger partial charge in [0.15, 0.2) is 0 Å². The first kappa shape index (κ1) is 7.54. The molecule has 2 heterocycles. The summed E-state index contributed by atoms with van der Waals surface area (Å²) in [7, 11) is 0. The Morgan fingerprint density at radius 3 is 3.00 bits per heavy atom. The Hall–Kier alpha value is -1.10. The van der Waals surface area contributed by atoms with Gasteiger partial charge >= 0.3 is 4.87 Å². The van der Waals surface area contributed by atoms with Crippen LogP contribution in [0.25, 0.3) is 0 Å². The fourth-order valence-electron chi connectivity index (χ4n) is 1.30. The second-order valence-corrected chi connectivity index (χ2v) is 3.83. The molecule has 0 bridgehead atoms. The highest BCUT2D eigenvalue weighted by Crippen LogP contribution is 2.25. The molecule has 1 fully saturated rings. The summed E-state index contributed by atoms with van der Waals surface area (Å²) in [5.41, 5.74) is 1.03. The van der Waals surface area contributed by atoms with Crippen LogP contribution in [0.5, 0.6) is 0 Å². The number of hydrogen-bond donors (Lipinski definition) is 2. The molecule has 4 nitrogen and oxygen atoms in total. The average molecular weight is 183 g/mol. The lowest BCUT2D eigenvalue weighted by Gasteiger charge is -1.98. The van der Waals surface area contributed by atoms with Crippen LogP contribution in [0.1, 0.15) is 17.3 Å². The van der Waals surface area contributed by atoms with E-state index in [-0.39, 0.29) is 4.87 Å². The van der Waals surface area contributed by atoms with Crippen LogP contribution in [0.3, 0.4) is 0 Å². The fourth-order valence-corrected chi connectivity index (χ4v) is 2.01. The standard InChI is InChI=1S/C7H9N3OS/c1-4-2-5(3-8-4)6-9-10-7(11)12-6/h5,8H,1-3H2,(H,10,11)/t5-/m1/s1. The van der Waals surface area contributed by atoms with Gasteiger partial charge in [-0.2, -0.15) is 5.10 Å². The first-order valence-electron chi connectivity index (χ1n) is 3.73. The topological polar surface area (TPSA) is 57.8 Å². The first-order valence-corrected chi connectivity index (χ1v) is 4.54. The van der Waals surface area contributed by atoms with Gasteiger partial charge in [0.1, 0.15) is 5.01 Å². The SMILES string of the molecule is C=C1C[C@@H](c2n[nH]c(=O)s2)CN1. The smallest absolute Gasteiger partial charge is 0.322 e. The highest BCUT2D eigenvalue weighted by atomic mass is 32.1. The largest absolute Gasteiger partial charge is 0.388 e. The van der Waals surface area contributed by atoms with Crippen LogP contribution >= 0.6 is 11.3 Å². The third-order valence-corrected chi connectivity index (χ3v) is 2.81. The zero-order valence-electron chi connectivity index (χ0n) is 6.46. The fraction of sp³-hybridized carbons (Fsp3) is 0.429. The molecule has 0 aliphatic carbocycles. The third kappa shape index (κ3) is 1.27. The van der Waals surface area contributed by atoms with Gasteiger partial charge in [-0.25, -0.2) is 5.10 Å². The zero-order valence-corrected chi connectivity index (χ0v) is 7.28. The van der Waals surface area contributed by atoms with Crippen molar-refractivity contribution in [1.29, 1.82) is 0 Å². The molecule has 1 atom stereocenters. The van der Waals surface area contributed by atoms with Crippen molar-refractivity contribution in [1.82, 2.24) is 15.5 Å². The lowest BCUT2D eigenvalue weighted by atomic mass is 10.1. The van der Waals surface area contributed by atoms with Gasteiger partial charge in [0.25, 0.3) is 0 Å². The lowest BCUT2D eigenvalue weighted by molar-refractivity contribution is 0.741. The number of nitrogens with zero attached hydrogens (tertiary/aromatic N) is 1.